The van der Waals surface area contributed by atoms with Crippen LogP contribution in [0.1, 0.15) is 25.3 Å². The second-order valence-electron chi connectivity index (χ2n) is 5.20. The van der Waals surface area contributed by atoms with Crippen molar-refractivity contribution < 1.29 is 4.79 Å². The molecule has 0 aliphatic carbocycles. The summed E-state index contributed by atoms with van der Waals surface area (Å²) in [4.78, 5) is 19.7. The molecule has 0 aliphatic rings. The maximum Gasteiger partial charge on any atom is 0.243 e. The Morgan fingerprint density at radius 1 is 1.36 bits per heavy atom. The van der Waals surface area contributed by atoms with Gasteiger partial charge in [0.1, 0.15) is 6.54 Å². The zero-order valence-electron chi connectivity index (χ0n) is 13.8. The van der Waals surface area contributed by atoms with Crippen molar-refractivity contribution in [3.63, 3.8) is 0 Å². The molecular formula is C15H27IN4OS. The van der Waals surface area contributed by atoms with Crippen LogP contribution in [0.15, 0.2) is 21.8 Å². The number of thiophene rings is 1. The molecule has 0 aliphatic heterocycles. The number of aliphatic imine (C=N–C) groups is 1. The number of likely N-dealkylation sites (N-methyl/N-ethyl adjacent to an activating group) is 1. The molecule has 1 N–H and O–H groups in total. The van der Waals surface area contributed by atoms with Crippen LogP contribution in [0.4, 0.5) is 0 Å². The van der Waals surface area contributed by atoms with Gasteiger partial charge >= 0.3 is 0 Å². The average molecular weight is 438 g/mol. The maximum atomic E-state index is 11.7. The van der Waals surface area contributed by atoms with E-state index < -0.39 is 0 Å². The Labute approximate surface area is 154 Å². The molecule has 1 rings (SSSR count). The molecule has 0 atom stereocenters. The molecule has 0 saturated carbocycles. The second kappa shape index (κ2) is 11.7. The zero-order valence-corrected chi connectivity index (χ0v) is 17.0. The first kappa shape index (κ1) is 21.2. The fourth-order valence-electron chi connectivity index (χ4n) is 1.70. The normalized spacial score (nSPS) is 10.8. The van der Waals surface area contributed by atoms with Crippen molar-refractivity contribution in [2.45, 2.75) is 26.3 Å². The molecule has 0 aromatic carbocycles. The lowest BCUT2D eigenvalue weighted by atomic mass is 10.3. The van der Waals surface area contributed by atoms with Gasteiger partial charge in [0.2, 0.25) is 5.91 Å². The summed E-state index contributed by atoms with van der Waals surface area (Å²) in [6, 6.07) is 2.11. The number of nitrogens with zero attached hydrogens (tertiary/aromatic N) is 3. The lowest BCUT2D eigenvalue weighted by molar-refractivity contribution is -0.127. The lowest BCUT2D eigenvalue weighted by Crippen LogP contribution is -2.40. The summed E-state index contributed by atoms with van der Waals surface area (Å²) in [5.41, 5.74) is 1.26. The van der Waals surface area contributed by atoms with E-state index in [1.165, 1.54) is 5.56 Å². The number of amides is 1. The summed E-state index contributed by atoms with van der Waals surface area (Å²) in [5.74, 6) is 0.790. The first-order valence-corrected chi connectivity index (χ1v) is 8.19. The number of hydrogen-bond donors (Lipinski definition) is 1. The van der Waals surface area contributed by atoms with Crippen molar-refractivity contribution >= 4 is 47.2 Å². The van der Waals surface area contributed by atoms with Gasteiger partial charge in [0.15, 0.2) is 5.96 Å². The van der Waals surface area contributed by atoms with Gasteiger partial charge in [-0.05, 0) is 28.8 Å². The Bertz CT molecular complexity index is 448. The van der Waals surface area contributed by atoms with Crippen LogP contribution in [0.25, 0.3) is 0 Å². The Hall–Kier alpha value is -0.830. The van der Waals surface area contributed by atoms with E-state index in [1.807, 2.05) is 7.05 Å². The average Bonchev–Trinajstić information content (AvgIpc) is 2.94. The molecule has 0 spiro atoms. The predicted molar refractivity (Wildman–Crippen MR) is 105 cm³/mol. The van der Waals surface area contributed by atoms with E-state index in [2.05, 4.69) is 39.0 Å². The highest BCUT2D eigenvalue weighted by Crippen LogP contribution is 2.08. The monoisotopic (exact) mass is 438 g/mol. The number of guanidine groups is 1. The fourth-order valence-corrected chi connectivity index (χ4v) is 2.36. The van der Waals surface area contributed by atoms with E-state index >= 15 is 0 Å². The molecule has 1 aromatic heterocycles. The highest BCUT2D eigenvalue weighted by Gasteiger charge is 2.09. The van der Waals surface area contributed by atoms with Gasteiger partial charge in [0, 0.05) is 34.2 Å². The number of hydrogen-bond acceptors (Lipinski definition) is 3. The minimum atomic E-state index is 0. The van der Waals surface area contributed by atoms with E-state index in [0.29, 0.717) is 0 Å². The van der Waals surface area contributed by atoms with Crippen molar-refractivity contribution in [1.82, 2.24) is 15.1 Å². The van der Waals surface area contributed by atoms with E-state index in [4.69, 9.17) is 0 Å². The van der Waals surface area contributed by atoms with Crippen LogP contribution in [0.3, 0.4) is 0 Å². The number of rotatable bonds is 7. The molecule has 0 unspecified atom stereocenters. The van der Waals surface area contributed by atoms with Gasteiger partial charge in [0.25, 0.3) is 0 Å². The third-order valence-electron chi connectivity index (χ3n) is 3.04. The SMILES string of the molecule is CCCCNC(=NCC(=O)N(C)C)N(C)Cc1ccsc1.I. The van der Waals surface area contributed by atoms with Gasteiger partial charge in [-0.1, -0.05) is 13.3 Å². The molecule has 0 fully saturated rings. The number of nitrogens with one attached hydrogen (secondary N) is 1. The van der Waals surface area contributed by atoms with Gasteiger partial charge in [0.05, 0.1) is 0 Å². The smallest absolute Gasteiger partial charge is 0.243 e. The van der Waals surface area contributed by atoms with Crippen LogP contribution < -0.4 is 5.32 Å². The molecule has 5 nitrogen and oxygen atoms in total. The van der Waals surface area contributed by atoms with E-state index in [0.717, 1.165) is 31.9 Å². The second-order valence-corrected chi connectivity index (χ2v) is 5.98. The van der Waals surface area contributed by atoms with Crippen LogP contribution >= 0.6 is 35.3 Å². The van der Waals surface area contributed by atoms with Crippen LogP contribution in [-0.2, 0) is 11.3 Å². The summed E-state index contributed by atoms with van der Waals surface area (Å²) in [6.45, 7) is 4.00. The minimum absolute atomic E-state index is 0. The number of halogens is 1. The highest BCUT2D eigenvalue weighted by molar-refractivity contribution is 14.0. The van der Waals surface area contributed by atoms with E-state index in [1.54, 1.807) is 30.3 Å². The summed E-state index contributed by atoms with van der Waals surface area (Å²) >= 11 is 1.69. The third kappa shape index (κ3) is 7.98. The van der Waals surface area contributed by atoms with Gasteiger partial charge in [-0.25, -0.2) is 4.99 Å². The van der Waals surface area contributed by atoms with Crippen molar-refractivity contribution in [1.29, 1.82) is 0 Å². The van der Waals surface area contributed by atoms with Crippen LogP contribution in [0.5, 0.6) is 0 Å². The molecule has 126 valence electrons. The summed E-state index contributed by atoms with van der Waals surface area (Å²) in [7, 11) is 5.49. The predicted octanol–water partition coefficient (Wildman–Crippen LogP) is 2.63. The topological polar surface area (TPSA) is 47.9 Å². The zero-order chi connectivity index (χ0) is 15.7. The molecule has 0 bridgehead atoms. The minimum Gasteiger partial charge on any atom is -0.356 e. The van der Waals surface area contributed by atoms with Crippen LogP contribution in [0.2, 0.25) is 0 Å². The molecule has 0 saturated heterocycles. The van der Waals surface area contributed by atoms with E-state index in [9.17, 15) is 4.79 Å². The van der Waals surface area contributed by atoms with Gasteiger partial charge < -0.3 is 15.1 Å². The first-order chi connectivity index (χ1) is 10.0. The van der Waals surface area contributed by atoms with E-state index in [-0.39, 0.29) is 36.4 Å². The Kier molecular flexibility index (Phi) is 11.3. The van der Waals surface area contributed by atoms with Crippen molar-refractivity contribution in [3.05, 3.63) is 22.4 Å². The van der Waals surface area contributed by atoms with Gasteiger partial charge in [-0.2, -0.15) is 11.3 Å². The molecule has 1 amide bonds. The molecule has 0 radical (unpaired) electrons. The number of carbonyl (C=O) groups excluding carboxylic acids is 1. The van der Waals surface area contributed by atoms with Crippen molar-refractivity contribution in [3.8, 4) is 0 Å². The van der Waals surface area contributed by atoms with Crippen LogP contribution in [-0.4, -0.2) is 55.9 Å². The number of unbranched alkanes of at least 4 members (excludes halogenated alkanes) is 1. The summed E-state index contributed by atoms with van der Waals surface area (Å²) in [5, 5.41) is 7.54. The summed E-state index contributed by atoms with van der Waals surface area (Å²) < 4.78 is 0. The number of carbonyl (C=O) groups is 1. The molecule has 1 heterocycles. The maximum absolute atomic E-state index is 11.7. The highest BCUT2D eigenvalue weighted by atomic mass is 127. The fraction of sp³-hybridized carbons (Fsp3) is 0.600. The first-order valence-electron chi connectivity index (χ1n) is 7.25. The molecule has 7 heteroatoms. The van der Waals surface area contributed by atoms with Crippen LogP contribution in [0, 0.1) is 0 Å². The van der Waals surface area contributed by atoms with Crippen molar-refractivity contribution in [2.75, 3.05) is 34.2 Å². The third-order valence-corrected chi connectivity index (χ3v) is 3.77. The largest absolute Gasteiger partial charge is 0.356 e. The standard InChI is InChI=1S/C15H26N4OS.HI/c1-5-6-8-16-15(17-10-14(20)18(2)3)19(4)11-13-7-9-21-12-13;/h7,9,12H,5-6,8,10-11H2,1-4H3,(H,16,17);1H. The Morgan fingerprint density at radius 3 is 2.64 bits per heavy atom. The Balaban J connectivity index is 0.00000441. The molecule has 1 aromatic rings. The summed E-state index contributed by atoms with van der Waals surface area (Å²) in [6.07, 6.45) is 2.22. The lowest BCUT2D eigenvalue weighted by Gasteiger charge is -2.22. The molecular weight excluding hydrogens is 411 g/mol. The Morgan fingerprint density at radius 2 is 2.09 bits per heavy atom. The van der Waals surface area contributed by atoms with Gasteiger partial charge in [-0.15, -0.1) is 24.0 Å². The van der Waals surface area contributed by atoms with Gasteiger partial charge in [-0.3, -0.25) is 4.79 Å². The van der Waals surface area contributed by atoms with Crippen molar-refractivity contribution in [2.24, 2.45) is 4.99 Å². The quantitative estimate of drug-likeness (QED) is 0.308. The molecule has 22 heavy (non-hydrogen) atoms.